The highest BCUT2D eigenvalue weighted by Gasteiger charge is 2.16. The standard InChI is InChI=1S/C13H14NO3/c1-8-5-6-9-7-10(15-2)12(16-3)13(17-4)11(9)14-8/h5-7H,1H2,2-4H3. The molecule has 0 saturated carbocycles. The number of ether oxygens (including phenoxy) is 3. The molecule has 0 aliphatic carbocycles. The number of hydrogen-bond donors (Lipinski definition) is 0. The summed E-state index contributed by atoms with van der Waals surface area (Å²) in [5, 5.41) is 0.923. The van der Waals surface area contributed by atoms with Gasteiger partial charge in [-0.3, -0.25) is 0 Å². The van der Waals surface area contributed by atoms with Gasteiger partial charge in [-0.1, -0.05) is 6.07 Å². The smallest absolute Gasteiger partial charge is 0.205 e. The number of pyridine rings is 1. The minimum Gasteiger partial charge on any atom is -0.493 e. The molecule has 1 aromatic carbocycles. The Bertz CT molecular complexity index is 552. The lowest BCUT2D eigenvalue weighted by Gasteiger charge is -2.14. The number of hydrogen-bond acceptors (Lipinski definition) is 4. The van der Waals surface area contributed by atoms with Gasteiger partial charge in [0.05, 0.1) is 21.3 Å². The van der Waals surface area contributed by atoms with E-state index >= 15 is 0 Å². The molecular formula is C13H14NO3. The number of fused-ring (bicyclic) bond motifs is 1. The molecule has 4 nitrogen and oxygen atoms in total. The van der Waals surface area contributed by atoms with Crippen molar-refractivity contribution in [2.24, 2.45) is 0 Å². The monoisotopic (exact) mass is 232 g/mol. The third-order valence-corrected chi connectivity index (χ3v) is 2.54. The largest absolute Gasteiger partial charge is 0.493 e. The topological polar surface area (TPSA) is 40.6 Å². The van der Waals surface area contributed by atoms with Crippen LogP contribution in [0.3, 0.4) is 0 Å². The van der Waals surface area contributed by atoms with E-state index in [4.69, 9.17) is 14.2 Å². The number of methoxy groups -OCH3 is 3. The Hall–Kier alpha value is -1.97. The average Bonchev–Trinajstić information content (AvgIpc) is 2.36. The van der Waals surface area contributed by atoms with Crippen LogP contribution >= 0.6 is 0 Å². The zero-order chi connectivity index (χ0) is 12.4. The summed E-state index contributed by atoms with van der Waals surface area (Å²) >= 11 is 0. The van der Waals surface area contributed by atoms with Crippen LogP contribution in [0.5, 0.6) is 17.2 Å². The maximum atomic E-state index is 5.35. The van der Waals surface area contributed by atoms with Crippen molar-refractivity contribution in [3.05, 3.63) is 30.8 Å². The first-order valence-corrected chi connectivity index (χ1v) is 5.13. The lowest BCUT2D eigenvalue weighted by molar-refractivity contribution is 0.327. The Balaban J connectivity index is 2.84. The molecule has 0 atom stereocenters. The molecule has 0 aliphatic rings. The summed E-state index contributed by atoms with van der Waals surface area (Å²) in [6, 6.07) is 5.63. The van der Waals surface area contributed by atoms with Gasteiger partial charge in [-0.15, -0.1) is 0 Å². The van der Waals surface area contributed by atoms with E-state index in [1.807, 2.05) is 18.2 Å². The van der Waals surface area contributed by atoms with Crippen LogP contribution < -0.4 is 14.2 Å². The SMILES string of the molecule is [CH2]c1ccc2cc(OC)c(OC)c(OC)c2n1. The highest BCUT2D eigenvalue weighted by molar-refractivity contribution is 5.90. The molecule has 0 saturated heterocycles. The predicted molar refractivity (Wildman–Crippen MR) is 65.9 cm³/mol. The fourth-order valence-electron chi connectivity index (χ4n) is 1.77. The molecular weight excluding hydrogens is 218 g/mol. The second-order valence-corrected chi connectivity index (χ2v) is 3.52. The lowest BCUT2D eigenvalue weighted by atomic mass is 10.1. The molecule has 1 heterocycles. The summed E-state index contributed by atoms with van der Waals surface area (Å²) in [6.07, 6.45) is 0. The maximum Gasteiger partial charge on any atom is 0.205 e. The highest BCUT2D eigenvalue weighted by Crippen LogP contribution is 2.42. The summed E-state index contributed by atoms with van der Waals surface area (Å²) in [6.45, 7) is 3.81. The minimum absolute atomic E-state index is 0.542. The molecule has 1 radical (unpaired) electrons. The van der Waals surface area contributed by atoms with Crippen molar-refractivity contribution >= 4 is 10.9 Å². The van der Waals surface area contributed by atoms with Crippen molar-refractivity contribution < 1.29 is 14.2 Å². The summed E-state index contributed by atoms with van der Waals surface area (Å²) in [5.41, 5.74) is 1.40. The molecule has 0 unspecified atom stereocenters. The summed E-state index contributed by atoms with van der Waals surface area (Å²) in [4.78, 5) is 4.36. The lowest BCUT2D eigenvalue weighted by Crippen LogP contribution is -1.97. The quantitative estimate of drug-likeness (QED) is 0.815. The van der Waals surface area contributed by atoms with Crippen LogP contribution in [0.4, 0.5) is 0 Å². The Morgan fingerprint density at radius 3 is 2.29 bits per heavy atom. The van der Waals surface area contributed by atoms with Gasteiger partial charge in [0.15, 0.2) is 11.5 Å². The summed E-state index contributed by atoms with van der Waals surface area (Å²) < 4.78 is 15.9. The fourth-order valence-corrected chi connectivity index (χ4v) is 1.77. The van der Waals surface area contributed by atoms with E-state index in [-0.39, 0.29) is 0 Å². The van der Waals surface area contributed by atoms with Gasteiger partial charge in [0.2, 0.25) is 5.75 Å². The molecule has 89 valence electrons. The van der Waals surface area contributed by atoms with E-state index in [9.17, 15) is 0 Å². The fraction of sp³-hybridized carbons (Fsp3) is 0.231. The van der Waals surface area contributed by atoms with Crippen LogP contribution in [0.15, 0.2) is 18.2 Å². The molecule has 0 aliphatic heterocycles. The summed E-state index contributed by atoms with van der Waals surface area (Å²) in [5.74, 6) is 1.73. The first kappa shape index (κ1) is 11.5. The molecule has 0 N–H and O–H groups in total. The number of aromatic nitrogens is 1. The van der Waals surface area contributed by atoms with Gasteiger partial charge >= 0.3 is 0 Å². The number of benzene rings is 1. The van der Waals surface area contributed by atoms with Crippen molar-refractivity contribution in [1.29, 1.82) is 0 Å². The molecule has 0 bridgehead atoms. The van der Waals surface area contributed by atoms with Gasteiger partial charge in [-0.2, -0.15) is 0 Å². The van der Waals surface area contributed by atoms with E-state index in [1.54, 1.807) is 21.3 Å². The molecule has 2 rings (SSSR count). The van der Waals surface area contributed by atoms with Crippen molar-refractivity contribution in [1.82, 2.24) is 4.98 Å². The zero-order valence-electron chi connectivity index (χ0n) is 10.1. The minimum atomic E-state index is 0.542. The van der Waals surface area contributed by atoms with E-state index in [0.29, 0.717) is 22.9 Å². The van der Waals surface area contributed by atoms with Crippen LogP contribution in [0.2, 0.25) is 0 Å². The van der Waals surface area contributed by atoms with Crippen molar-refractivity contribution in [3.8, 4) is 17.2 Å². The average molecular weight is 232 g/mol. The highest BCUT2D eigenvalue weighted by atomic mass is 16.5. The Labute approximate surface area is 100 Å². The van der Waals surface area contributed by atoms with Crippen molar-refractivity contribution in [3.63, 3.8) is 0 Å². The van der Waals surface area contributed by atoms with E-state index in [1.165, 1.54) is 0 Å². The van der Waals surface area contributed by atoms with Crippen LogP contribution in [-0.4, -0.2) is 26.3 Å². The van der Waals surface area contributed by atoms with E-state index in [2.05, 4.69) is 11.9 Å². The normalized spacial score (nSPS) is 10.4. The van der Waals surface area contributed by atoms with Crippen molar-refractivity contribution in [2.45, 2.75) is 0 Å². The van der Waals surface area contributed by atoms with E-state index in [0.717, 1.165) is 10.9 Å². The second-order valence-electron chi connectivity index (χ2n) is 3.52. The number of rotatable bonds is 3. The molecule has 2 aromatic rings. The molecule has 4 heteroatoms. The Morgan fingerprint density at radius 2 is 1.71 bits per heavy atom. The molecule has 0 amide bonds. The first-order chi connectivity index (χ1) is 8.21. The predicted octanol–water partition coefficient (Wildman–Crippen LogP) is 2.44. The summed E-state index contributed by atoms with van der Waals surface area (Å²) in [7, 11) is 4.74. The zero-order valence-corrected chi connectivity index (χ0v) is 10.1. The maximum absolute atomic E-state index is 5.35. The van der Waals surface area contributed by atoms with Crippen LogP contribution in [0, 0.1) is 6.92 Å². The van der Waals surface area contributed by atoms with Gasteiger partial charge in [0, 0.05) is 11.1 Å². The third kappa shape index (κ3) is 1.86. The van der Waals surface area contributed by atoms with Gasteiger partial charge in [0.25, 0.3) is 0 Å². The van der Waals surface area contributed by atoms with Gasteiger partial charge < -0.3 is 14.2 Å². The van der Waals surface area contributed by atoms with Crippen LogP contribution in [0.1, 0.15) is 5.69 Å². The molecule has 0 spiro atoms. The van der Waals surface area contributed by atoms with Crippen molar-refractivity contribution in [2.75, 3.05) is 21.3 Å². The van der Waals surface area contributed by atoms with Crippen LogP contribution in [0.25, 0.3) is 10.9 Å². The van der Waals surface area contributed by atoms with Gasteiger partial charge in [0.1, 0.15) is 5.52 Å². The van der Waals surface area contributed by atoms with E-state index < -0.39 is 0 Å². The Morgan fingerprint density at radius 1 is 1.00 bits per heavy atom. The second kappa shape index (κ2) is 4.49. The third-order valence-electron chi connectivity index (χ3n) is 2.54. The Kier molecular flexibility index (Phi) is 3.04. The molecule has 17 heavy (non-hydrogen) atoms. The molecule has 0 fully saturated rings. The van der Waals surface area contributed by atoms with Crippen LogP contribution in [-0.2, 0) is 0 Å². The number of nitrogens with zero attached hydrogens (tertiary/aromatic N) is 1. The molecule has 1 aromatic heterocycles. The van der Waals surface area contributed by atoms with Gasteiger partial charge in [-0.25, -0.2) is 4.98 Å². The van der Waals surface area contributed by atoms with Gasteiger partial charge in [-0.05, 0) is 19.1 Å². The first-order valence-electron chi connectivity index (χ1n) is 5.13.